The van der Waals surface area contributed by atoms with Crippen molar-refractivity contribution in [1.29, 1.82) is 5.41 Å². The molecule has 17 atom stereocenters. The van der Waals surface area contributed by atoms with E-state index >= 15 is 9.59 Å². The molecule has 1 aromatic heterocycles. The first kappa shape index (κ1) is 109. The van der Waals surface area contributed by atoms with Crippen molar-refractivity contribution in [3.05, 3.63) is 90.0 Å². The third-order valence-corrected chi connectivity index (χ3v) is 21.5. The van der Waals surface area contributed by atoms with Gasteiger partial charge >= 0.3 is 5.97 Å². The first-order chi connectivity index (χ1) is 60.0. The molecule has 0 aliphatic carbocycles. The Morgan fingerprint density at radius 1 is 0.472 bits per heavy atom. The number of thioether (sulfide) groups is 1. The highest BCUT2D eigenvalue weighted by Crippen LogP contribution is 2.18. The third kappa shape index (κ3) is 39.3. The van der Waals surface area contributed by atoms with Crippen LogP contribution in [-0.4, -0.2) is 267 Å². The third-order valence-electron chi connectivity index (χ3n) is 20.9. The highest BCUT2D eigenvalue weighted by atomic mass is 32.2. The van der Waals surface area contributed by atoms with Crippen LogP contribution in [0.15, 0.2) is 73.2 Å². The minimum atomic E-state index is -1.88. The maximum absolute atomic E-state index is 15.0. The van der Waals surface area contributed by atoms with Gasteiger partial charge in [-0.15, -0.1) is 0 Å². The molecule has 0 aliphatic heterocycles. The van der Waals surface area contributed by atoms with E-state index in [0.29, 0.717) is 30.4 Å². The second-order valence-electron chi connectivity index (χ2n) is 32.0. The Balaban J connectivity index is 2.00. The van der Waals surface area contributed by atoms with Gasteiger partial charge < -0.3 is 129 Å². The lowest BCUT2D eigenvalue weighted by Gasteiger charge is -2.33. The van der Waals surface area contributed by atoms with Crippen LogP contribution in [0.5, 0.6) is 0 Å². The van der Waals surface area contributed by atoms with Crippen molar-refractivity contribution in [3.63, 3.8) is 0 Å². The van der Waals surface area contributed by atoms with E-state index in [1.807, 2.05) is 0 Å². The Labute approximate surface area is 743 Å². The van der Waals surface area contributed by atoms with Gasteiger partial charge in [0.1, 0.15) is 90.6 Å². The number of aliphatic hydroxyl groups excluding tert-OH is 1. The predicted octanol–water partition coefficient (Wildman–Crippen LogP) is -4.83. The van der Waals surface area contributed by atoms with Gasteiger partial charge in [-0.3, -0.25) is 82.1 Å². The number of hydrogen-bond donors (Lipinski definition) is 24. The van der Waals surface area contributed by atoms with E-state index in [1.54, 1.807) is 108 Å². The lowest BCUT2D eigenvalue weighted by Crippen LogP contribution is -2.62. The van der Waals surface area contributed by atoms with E-state index < -0.39 is 228 Å². The molecule has 127 heavy (non-hydrogen) atoms. The number of hydrogen-bond acceptors (Lipinski definition) is 24. The summed E-state index contributed by atoms with van der Waals surface area (Å²) >= 11 is 1.32. The van der Waals surface area contributed by atoms with Crippen LogP contribution in [0.3, 0.4) is 0 Å². The molecule has 0 unspecified atom stereocenters. The molecule has 44 heteroatoms. The summed E-state index contributed by atoms with van der Waals surface area (Å²) in [6.07, 6.45) is 2.26. The molecule has 43 nitrogen and oxygen atoms in total. The number of carbonyl (C=O) groups excluding carboxylic acids is 16. The van der Waals surface area contributed by atoms with E-state index in [4.69, 9.17) is 39.8 Å². The quantitative estimate of drug-likeness (QED) is 0.0143. The molecule has 2 aromatic carbocycles. The van der Waals surface area contributed by atoms with Gasteiger partial charge in [0, 0.05) is 51.2 Å². The molecule has 0 bridgehead atoms. The Morgan fingerprint density at radius 2 is 0.882 bits per heavy atom. The van der Waals surface area contributed by atoms with E-state index in [9.17, 15) is 82.1 Å². The average Bonchev–Trinajstić information content (AvgIpc) is 1.29. The highest BCUT2D eigenvalue weighted by molar-refractivity contribution is 7.98. The second kappa shape index (κ2) is 56.9. The number of primary amides is 2. The normalized spacial score (nSPS) is 15.2. The predicted molar refractivity (Wildman–Crippen MR) is 472 cm³/mol. The number of amides is 16. The number of nitrogens with one attached hydrogen (secondary N) is 16. The Morgan fingerprint density at radius 3 is 1.31 bits per heavy atom. The molecule has 3 aromatic rings. The monoisotopic (exact) mass is 1800 g/mol. The fourth-order valence-corrected chi connectivity index (χ4v) is 13.5. The summed E-state index contributed by atoms with van der Waals surface area (Å²) in [4.78, 5) is 246. The summed E-state index contributed by atoms with van der Waals surface area (Å²) < 4.78 is 0. The van der Waals surface area contributed by atoms with Crippen LogP contribution in [-0.2, 0) is 101 Å². The van der Waals surface area contributed by atoms with Crippen molar-refractivity contribution in [2.75, 3.05) is 38.7 Å². The molecule has 1 heterocycles. The molecule has 0 saturated carbocycles. The van der Waals surface area contributed by atoms with Crippen molar-refractivity contribution in [3.8, 4) is 0 Å². The molecule has 0 radical (unpaired) electrons. The van der Waals surface area contributed by atoms with Crippen molar-refractivity contribution in [1.82, 2.24) is 89.3 Å². The maximum Gasteiger partial charge on any atom is 0.326 e. The fourth-order valence-electron chi connectivity index (χ4n) is 13.0. The summed E-state index contributed by atoms with van der Waals surface area (Å²) in [7, 11) is 1.27. The number of rotatable bonds is 60. The van der Waals surface area contributed by atoms with Crippen LogP contribution in [0.1, 0.15) is 163 Å². The minimum Gasteiger partial charge on any atom is -0.480 e. The molecule has 0 aliphatic rings. The maximum atomic E-state index is 15.0. The Bertz CT molecular complexity index is 4110. The van der Waals surface area contributed by atoms with Gasteiger partial charge in [-0.2, -0.15) is 11.8 Å². The number of carboxylic acids is 1. The number of carboxylic acid groups (broad SMARTS) is 1. The van der Waals surface area contributed by atoms with Gasteiger partial charge in [-0.05, 0) is 139 Å². The topological polar surface area (TPSA) is 711 Å². The summed E-state index contributed by atoms with van der Waals surface area (Å²) in [5.41, 5.74) is 35.2. The van der Waals surface area contributed by atoms with Crippen LogP contribution in [0.2, 0.25) is 0 Å². The van der Waals surface area contributed by atoms with Gasteiger partial charge in [0.15, 0.2) is 5.96 Å². The molecule has 16 amide bonds. The number of aromatic nitrogens is 2. The van der Waals surface area contributed by atoms with E-state index in [2.05, 4.69) is 84.4 Å². The first-order valence-electron chi connectivity index (χ1n) is 42.5. The minimum absolute atomic E-state index is 0.0120. The van der Waals surface area contributed by atoms with Gasteiger partial charge in [-0.1, -0.05) is 109 Å². The van der Waals surface area contributed by atoms with E-state index in [-0.39, 0.29) is 108 Å². The summed E-state index contributed by atoms with van der Waals surface area (Å²) in [6, 6.07) is -5.30. The number of aliphatic hydroxyl groups is 1. The first-order valence-corrected chi connectivity index (χ1v) is 43.8. The molecular formula is C83H134N24O19S. The van der Waals surface area contributed by atoms with Crippen molar-refractivity contribution < 1.29 is 91.7 Å². The number of H-pyrrole nitrogens is 1. The van der Waals surface area contributed by atoms with Crippen molar-refractivity contribution in [2.24, 2.45) is 52.2 Å². The molecule has 0 saturated heterocycles. The standard InChI is InChI=1S/C83H134N24O19S/c1-12-46(6)67(106-75(118)58(39-51-26-17-14-18-27-51)102-79(122)66(45(4)5)105-68(111)47(7)94-76(119)61(33-37-127-11)107(10)81(124)55(31-32-62(86)109)98-78(121)65(44(2)3)104-69(112)48(8)95-77(120)64(88)49(9)108)80(123)103-59(40-52-42-91-43-93-52)73(116)101-60(41-63(87)110)74(117)100-57(38-50-24-15-13-16-25-50)72(115)97-53(28-19-21-34-84)70(113)96-54(30-23-36-92-83(89)90)71(114)99-56(82(125)126)29-20-22-35-85/h13-18,24-27,42-49,53-61,64-67,108H,12,19-23,28-41,84-85,88H2,1-11H3,(H2,86,109)(H2,87,110)(H,91,93)(H,94,119)(H,95,120)(H,96,113)(H,97,115)(H,98,121)(H,99,114)(H,100,117)(H,101,116)(H,102,122)(H,103,123)(H,104,112)(H,105,111)(H,106,118)(H,125,126)(H4,89,90,92)/t46-,47-,48-,49+,53-,54-,55-,56-,57-,58-,59-,60-,61-,64-,65-,66-,67-/m0/s1. The van der Waals surface area contributed by atoms with Gasteiger partial charge in [0.05, 0.1) is 18.9 Å². The summed E-state index contributed by atoms with van der Waals surface area (Å²) in [6.45, 7) is 14.2. The number of aliphatic carboxylic acids is 1. The second-order valence-corrected chi connectivity index (χ2v) is 33.0. The Hall–Kier alpha value is -11.9. The summed E-state index contributed by atoms with van der Waals surface area (Å²) in [5.74, 6) is -18.3. The molecule has 0 fully saturated rings. The number of benzene rings is 2. The average molecular weight is 1800 g/mol. The van der Waals surface area contributed by atoms with E-state index in [0.717, 1.165) is 4.90 Å². The van der Waals surface area contributed by atoms with Crippen molar-refractivity contribution >= 4 is 118 Å². The summed E-state index contributed by atoms with van der Waals surface area (Å²) in [5, 5.41) is 63.8. The number of nitrogens with two attached hydrogens (primary N) is 6. The number of unbranched alkanes of at least 4 members (excludes halogenated alkanes) is 2. The van der Waals surface area contributed by atoms with Crippen LogP contribution >= 0.6 is 11.8 Å². The number of carbonyl (C=O) groups is 17. The Kier molecular flexibility index (Phi) is 49.0. The van der Waals surface area contributed by atoms with Crippen LogP contribution in [0.4, 0.5) is 0 Å². The van der Waals surface area contributed by atoms with Crippen LogP contribution in [0.25, 0.3) is 0 Å². The van der Waals surface area contributed by atoms with Crippen LogP contribution in [0, 0.1) is 23.2 Å². The fraction of sp³-hybridized carbons (Fsp3) is 0.602. The zero-order valence-corrected chi connectivity index (χ0v) is 75.0. The molecule has 3 rings (SSSR count). The number of guanidine groups is 1. The van der Waals surface area contributed by atoms with Gasteiger partial charge in [-0.25, -0.2) is 9.78 Å². The molecular weight excluding hydrogens is 1670 g/mol. The lowest BCUT2D eigenvalue weighted by atomic mass is 9.96. The zero-order chi connectivity index (χ0) is 95.3. The SMILES string of the molecule is CC[C@H](C)[C@H](NC(=O)[C@H](Cc1ccccc1)NC(=O)[C@@H](NC(=O)[C@H](C)NC(=O)[C@H](CCSC)N(C)C(=O)[C@H](CCC(N)=O)NC(=O)[C@@H](NC(=O)[C@H](C)NC(=O)[C@@H](N)[C@@H](C)O)C(C)C)C(C)C)C(=O)N[C@@H](Cc1cnc[nH]1)C(=O)N[C@@H](CC(N)=O)C(=O)N[C@@H](Cc1ccccc1)C(=O)N[C@@H](CCCCN)C(=O)N[C@@H](CCCNC(=N)N)C(=O)N[C@@H](CCCCN)C(=O)O. The van der Waals surface area contributed by atoms with Gasteiger partial charge in [0.25, 0.3) is 0 Å². The van der Waals surface area contributed by atoms with Gasteiger partial charge in [0.2, 0.25) is 94.5 Å². The number of nitrogens with zero attached hydrogens (tertiary/aromatic N) is 2. The number of aromatic amines is 1. The molecule has 0 spiro atoms. The molecule has 30 N–H and O–H groups in total. The smallest absolute Gasteiger partial charge is 0.326 e. The number of imidazole rings is 1. The highest BCUT2D eigenvalue weighted by Gasteiger charge is 2.41. The number of likely N-dealkylation sites (N-methyl/N-ethyl adjacent to an activating group) is 1. The van der Waals surface area contributed by atoms with Crippen molar-refractivity contribution in [2.45, 2.75) is 262 Å². The lowest BCUT2D eigenvalue weighted by molar-refractivity contribution is -0.143. The largest absolute Gasteiger partial charge is 0.480 e. The zero-order valence-electron chi connectivity index (χ0n) is 74.1. The van der Waals surface area contributed by atoms with Crippen LogP contribution < -0.4 is 109 Å². The van der Waals surface area contributed by atoms with E-state index in [1.165, 1.54) is 52.1 Å². The molecule has 706 valence electrons.